The Kier molecular flexibility index (Phi) is 4.58. The van der Waals surface area contributed by atoms with Crippen molar-refractivity contribution < 1.29 is 9.90 Å². The summed E-state index contributed by atoms with van der Waals surface area (Å²) >= 11 is 0. The second-order valence-corrected chi connectivity index (χ2v) is 6.89. The molecule has 3 aromatic rings. The van der Waals surface area contributed by atoms with Crippen LogP contribution in [0.5, 0.6) is 0 Å². The lowest BCUT2D eigenvalue weighted by Crippen LogP contribution is -2.41. The Morgan fingerprint density at radius 3 is 2.92 bits per heavy atom. The summed E-state index contributed by atoms with van der Waals surface area (Å²) < 4.78 is 0. The Morgan fingerprint density at radius 2 is 2.12 bits per heavy atom. The number of likely N-dealkylation sites (tertiary alicyclic amines) is 1. The third-order valence-electron chi connectivity index (χ3n) is 4.92. The standard InChI is InChI=1S/C20H22N4O2/c25-20(26)15-5-3-14(4-6-15)12-24-9-1-2-18(13-24)22-17-7-8-19-16(10-17)11-21-23-19/h3-8,10-11,18,22H,1-2,9,12-13H2,(H,21,23)(H,25,26). The second-order valence-electron chi connectivity index (χ2n) is 6.89. The van der Waals surface area contributed by atoms with E-state index in [0.717, 1.165) is 54.6 Å². The molecule has 0 spiro atoms. The summed E-state index contributed by atoms with van der Waals surface area (Å²) in [6.07, 6.45) is 4.14. The molecule has 1 aliphatic heterocycles. The molecule has 3 N–H and O–H groups in total. The van der Waals surface area contributed by atoms with Crippen LogP contribution in [0.4, 0.5) is 5.69 Å². The predicted molar refractivity (Wildman–Crippen MR) is 101 cm³/mol. The molecular weight excluding hydrogens is 328 g/mol. The van der Waals surface area contributed by atoms with Crippen molar-refractivity contribution in [2.24, 2.45) is 0 Å². The van der Waals surface area contributed by atoms with Crippen molar-refractivity contribution in [2.45, 2.75) is 25.4 Å². The highest BCUT2D eigenvalue weighted by atomic mass is 16.4. The minimum atomic E-state index is -0.881. The van der Waals surface area contributed by atoms with Gasteiger partial charge in [0.1, 0.15) is 0 Å². The molecule has 2 aromatic carbocycles. The average molecular weight is 350 g/mol. The van der Waals surface area contributed by atoms with E-state index >= 15 is 0 Å². The summed E-state index contributed by atoms with van der Waals surface area (Å²) in [4.78, 5) is 13.4. The lowest BCUT2D eigenvalue weighted by molar-refractivity contribution is 0.0697. The first-order valence-electron chi connectivity index (χ1n) is 8.92. The molecule has 0 bridgehead atoms. The second kappa shape index (κ2) is 7.17. The fourth-order valence-corrected chi connectivity index (χ4v) is 3.60. The summed E-state index contributed by atoms with van der Waals surface area (Å²) in [7, 11) is 0. The molecule has 134 valence electrons. The number of carboxylic acids is 1. The van der Waals surface area contributed by atoms with Gasteiger partial charge in [0.2, 0.25) is 0 Å². The van der Waals surface area contributed by atoms with Gasteiger partial charge in [-0.2, -0.15) is 5.10 Å². The van der Waals surface area contributed by atoms with Gasteiger partial charge in [0, 0.05) is 30.2 Å². The molecule has 4 rings (SSSR count). The fraction of sp³-hybridized carbons (Fsp3) is 0.300. The molecular formula is C20H22N4O2. The summed E-state index contributed by atoms with van der Waals surface area (Å²) in [5.74, 6) is -0.881. The number of H-pyrrole nitrogens is 1. The normalized spacial score (nSPS) is 18.1. The fourth-order valence-electron chi connectivity index (χ4n) is 3.60. The van der Waals surface area contributed by atoms with E-state index in [2.05, 4.69) is 38.6 Å². The number of aromatic amines is 1. The predicted octanol–water partition coefficient (Wildman–Crippen LogP) is 3.34. The van der Waals surface area contributed by atoms with Gasteiger partial charge in [-0.1, -0.05) is 12.1 Å². The first-order valence-corrected chi connectivity index (χ1v) is 8.92. The molecule has 1 saturated heterocycles. The van der Waals surface area contributed by atoms with Gasteiger partial charge >= 0.3 is 5.97 Å². The number of hydrogen-bond donors (Lipinski definition) is 3. The monoisotopic (exact) mass is 350 g/mol. The number of fused-ring (bicyclic) bond motifs is 1. The highest BCUT2D eigenvalue weighted by Crippen LogP contribution is 2.21. The van der Waals surface area contributed by atoms with Gasteiger partial charge in [-0.15, -0.1) is 0 Å². The Morgan fingerprint density at radius 1 is 1.27 bits per heavy atom. The van der Waals surface area contributed by atoms with E-state index in [1.165, 1.54) is 0 Å². The number of rotatable bonds is 5. The maximum Gasteiger partial charge on any atom is 0.335 e. The number of hydrogen-bond acceptors (Lipinski definition) is 4. The van der Waals surface area contributed by atoms with Gasteiger partial charge < -0.3 is 10.4 Å². The number of carbonyl (C=O) groups is 1. The van der Waals surface area contributed by atoms with Crippen LogP contribution in [0.3, 0.4) is 0 Å². The van der Waals surface area contributed by atoms with Crippen molar-refractivity contribution in [1.29, 1.82) is 0 Å². The van der Waals surface area contributed by atoms with Crippen LogP contribution in [-0.2, 0) is 6.54 Å². The maximum atomic E-state index is 11.0. The zero-order chi connectivity index (χ0) is 17.9. The van der Waals surface area contributed by atoms with Crippen LogP contribution in [0.2, 0.25) is 0 Å². The van der Waals surface area contributed by atoms with Gasteiger partial charge in [0.15, 0.2) is 0 Å². The zero-order valence-electron chi connectivity index (χ0n) is 14.5. The van der Waals surface area contributed by atoms with Crippen molar-refractivity contribution in [1.82, 2.24) is 15.1 Å². The van der Waals surface area contributed by atoms with Crippen LogP contribution in [0.1, 0.15) is 28.8 Å². The van der Waals surface area contributed by atoms with Crippen LogP contribution in [0.15, 0.2) is 48.7 Å². The summed E-state index contributed by atoms with van der Waals surface area (Å²) in [6, 6.07) is 13.9. The van der Waals surface area contributed by atoms with Gasteiger partial charge in [0.25, 0.3) is 0 Å². The molecule has 1 fully saturated rings. The van der Waals surface area contributed by atoms with Crippen molar-refractivity contribution in [3.8, 4) is 0 Å². The lowest BCUT2D eigenvalue weighted by Gasteiger charge is -2.33. The number of anilines is 1. The van der Waals surface area contributed by atoms with Crippen LogP contribution in [0.25, 0.3) is 10.9 Å². The van der Waals surface area contributed by atoms with E-state index < -0.39 is 5.97 Å². The average Bonchev–Trinajstić information content (AvgIpc) is 3.10. The van der Waals surface area contributed by atoms with E-state index in [9.17, 15) is 4.79 Å². The van der Waals surface area contributed by atoms with E-state index in [1.807, 2.05) is 18.3 Å². The van der Waals surface area contributed by atoms with Gasteiger partial charge in [-0.05, 0) is 55.3 Å². The largest absolute Gasteiger partial charge is 0.478 e. The van der Waals surface area contributed by atoms with Gasteiger partial charge in [-0.25, -0.2) is 4.79 Å². The van der Waals surface area contributed by atoms with Crippen LogP contribution >= 0.6 is 0 Å². The molecule has 1 aliphatic rings. The van der Waals surface area contributed by atoms with Crippen molar-refractivity contribution in [2.75, 3.05) is 18.4 Å². The Bertz CT molecular complexity index is 904. The quantitative estimate of drug-likeness (QED) is 0.657. The molecule has 0 radical (unpaired) electrons. The van der Waals surface area contributed by atoms with Gasteiger partial charge in [-0.3, -0.25) is 10.00 Å². The van der Waals surface area contributed by atoms with Crippen molar-refractivity contribution in [3.05, 3.63) is 59.8 Å². The summed E-state index contributed by atoms with van der Waals surface area (Å²) in [6.45, 7) is 2.89. The number of nitrogens with zero attached hydrogens (tertiary/aromatic N) is 2. The number of benzene rings is 2. The highest BCUT2D eigenvalue weighted by molar-refractivity contribution is 5.87. The molecule has 1 unspecified atom stereocenters. The lowest BCUT2D eigenvalue weighted by atomic mass is 10.0. The van der Waals surface area contributed by atoms with Crippen LogP contribution < -0.4 is 5.32 Å². The Balaban J connectivity index is 1.38. The number of nitrogens with one attached hydrogen (secondary N) is 2. The number of carboxylic acid groups (broad SMARTS) is 1. The molecule has 2 heterocycles. The number of piperidine rings is 1. The van der Waals surface area contributed by atoms with E-state index in [-0.39, 0.29) is 0 Å². The van der Waals surface area contributed by atoms with Crippen molar-refractivity contribution in [3.63, 3.8) is 0 Å². The molecule has 26 heavy (non-hydrogen) atoms. The van der Waals surface area contributed by atoms with Gasteiger partial charge in [0.05, 0.1) is 17.3 Å². The van der Waals surface area contributed by atoms with E-state index in [4.69, 9.17) is 5.11 Å². The Hall–Kier alpha value is -2.86. The molecule has 0 aliphatic carbocycles. The molecule has 6 heteroatoms. The highest BCUT2D eigenvalue weighted by Gasteiger charge is 2.20. The smallest absolute Gasteiger partial charge is 0.335 e. The molecule has 1 aromatic heterocycles. The minimum absolute atomic E-state index is 0.335. The summed E-state index contributed by atoms with van der Waals surface area (Å²) in [5.41, 5.74) is 3.65. The van der Waals surface area contributed by atoms with Crippen molar-refractivity contribution >= 4 is 22.6 Å². The molecule has 0 saturated carbocycles. The molecule has 0 amide bonds. The zero-order valence-corrected chi connectivity index (χ0v) is 14.5. The first-order chi connectivity index (χ1) is 12.7. The van der Waals surface area contributed by atoms with E-state index in [1.54, 1.807) is 12.1 Å². The first kappa shape index (κ1) is 16.6. The minimum Gasteiger partial charge on any atom is -0.478 e. The SMILES string of the molecule is O=C(O)c1ccc(CN2CCCC(Nc3ccc4[nH]ncc4c3)C2)cc1. The Labute approximate surface area is 151 Å². The van der Waals surface area contributed by atoms with Crippen LogP contribution in [0, 0.1) is 0 Å². The molecule has 6 nitrogen and oxygen atoms in total. The number of aromatic carboxylic acids is 1. The third kappa shape index (κ3) is 3.70. The maximum absolute atomic E-state index is 11.0. The number of aromatic nitrogens is 2. The third-order valence-corrected chi connectivity index (χ3v) is 4.92. The molecule has 1 atom stereocenters. The topological polar surface area (TPSA) is 81.2 Å². The van der Waals surface area contributed by atoms with Crippen LogP contribution in [-0.4, -0.2) is 45.3 Å². The summed E-state index contributed by atoms with van der Waals surface area (Å²) in [5, 5.41) is 20.8. The van der Waals surface area contributed by atoms with E-state index in [0.29, 0.717) is 11.6 Å².